The molecular formula is C9H9BrN2OS. The molecule has 1 aromatic carbocycles. The summed E-state index contributed by atoms with van der Waals surface area (Å²) in [6, 6.07) is 5.91. The molecule has 2 rings (SSSR count). The molecular weight excluding hydrogens is 264 g/mol. The number of anilines is 1. The van der Waals surface area contributed by atoms with Crippen LogP contribution in [0.1, 0.15) is 6.92 Å². The van der Waals surface area contributed by atoms with E-state index in [-0.39, 0.29) is 0 Å². The number of aliphatic hydroxyl groups is 1. The van der Waals surface area contributed by atoms with Crippen LogP contribution >= 0.6 is 27.3 Å². The monoisotopic (exact) mass is 272 g/mol. The fourth-order valence-electron chi connectivity index (χ4n) is 1.14. The lowest BCUT2D eigenvalue weighted by Crippen LogP contribution is -2.12. The van der Waals surface area contributed by atoms with Crippen molar-refractivity contribution in [2.24, 2.45) is 0 Å². The van der Waals surface area contributed by atoms with Gasteiger partial charge in [0.25, 0.3) is 0 Å². The maximum absolute atomic E-state index is 9.13. The highest BCUT2D eigenvalue weighted by atomic mass is 79.9. The summed E-state index contributed by atoms with van der Waals surface area (Å²) in [5, 5.41) is 12.7. The van der Waals surface area contributed by atoms with Crippen molar-refractivity contribution in [3.63, 3.8) is 0 Å². The molecule has 2 N–H and O–H groups in total. The van der Waals surface area contributed by atoms with E-state index in [0.29, 0.717) is 0 Å². The number of nitrogens with one attached hydrogen (secondary N) is 1. The largest absolute Gasteiger partial charge is 0.374 e. The van der Waals surface area contributed by atoms with Crippen LogP contribution in [0.5, 0.6) is 0 Å². The molecule has 0 amide bonds. The number of aliphatic hydroxyl groups excluding tert-OH is 1. The average Bonchev–Trinajstić information content (AvgIpc) is 2.44. The van der Waals surface area contributed by atoms with E-state index in [9.17, 15) is 0 Å². The fraction of sp³-hybridized carbons (Fsp3) is 0.222. The Balaban J connectivity index is 2.41. The van der Waals surface area contributed by atoms with Gasteiger partial charge >= 0.3 is 0 Å². The zero-order chi connectivity index (χ0) is 10.1. The summed E-state index contributed by atoms with van der Waals surface area (Å²) in [5.41, 5.74) is 0.946. The Bertz CT molecular complexity index is 455. The second-order valence-corrected chi connectivity index (χ2v) is 4.90. The molecule has 14 heavy (non-hydrogen) atoms. The van der Waals surface area contributed by atoms with E-state index in [4.69, 9.17) is 5.11 Å². The third-order valence-corrected chi connectivity index (χ3v) is 3.13. The highest BCUT2D eigenvalue weighted by Gasteiger charge is 2.04. The number of nitrogens with zero attached hydrogens (tertiary/aromatic N) is 1. The molecule has 2 aromatic rings. The lowest BCUT2D eigenvalue weighted by atomic mass is 10.3. The highest BCUT2D eigenvalue weighted by molar-refractivity contribution is 9.10. The molecule has 1 aromatic heterocycles. The summed E-state index contributed by atoms with van der Waals surface area (Å²) in [4.78, 5) is 4.32. The third kappa shape index (κ3) is 2.05. The maximum Gasteiger partial charge on any atom is 0.185 e. The Morgan fingerprint density at radius 1 is 1.57 bits per heavy atom. The summed E-state index contributed by atoms with van der Waals surface area (Å²) in [6.45, 7) is 1.67. The standard InChI is InChI=1S/C9H9BrN2OS/c1-5(13)11-9-12-7-3-2-6(10)4-8(7)14-9/h2-5,13H,1H3,(H,11,12). The summed E-state index contributed by atoms with van der Waals surface area (Å²) in [7, 11) is 0. The number of aromatic nitrogens is 1. The number of halogens is 1. The quantitative estimate of drug-likeness (QED) is 0.827. The molecule has 1 atom stereocenters. The topological polar surface area (TPSA) is 45.1 Å². The molecule has 0 fully saturated rings. The predicted octanol–water partition coefficient (Wildman–Crippen LogP) is 2.81. The van der Waals surface area contributed by atoms with Gasteiger partial charge in [0.15, 0.2) is 5.13 Å². The van der Waals surface area contributed by atoms with Crippen LogP contribution in [0.25, 0.3) is 10.2 Å². The van der Waals surface area contributed by atoms with Crippen LogP contribution in [0.3, 0.4) is 0 Å². The van der Waals surface area contributed by atoms with Crippen molar-refractivity contribution in [2.45, 2.75) is 13.2 Å². The number of rotatable bonds is 2. The van der Waals surface area contributed by atoms with Gasteiger partial charge in [-0.2, -0.15) is 0 Å². The molecule has 0 aliphatic rings. The van der Waals surface area contributed by atoms with E-state index in [1.165, 1.54) is 11.3 Å². The average molecular weight is 273 g/mol. The van der Waals surface area contributed by atoms with Crippen LogP contribution in [0.2, 0.25) is 0 Å². The van der Waals surface area contributed by atoms with E-state index in [1.54, 1.807) is 6.92 Å². The van der Waals surface area contributed by atoms with Gasteiger partial charge < -0.3 is 10.4 Å². The van der Waals surface area contributed by atoms with Gasteiger partial charge in [0.2, 0.25) is 0 Å². The molecule has 1 heterocycles. The Hall–Kier alpha value is -0.650. The molecule has 0 saturated carbocycles. The highest BCUT2D eigenvalue weighted by Crippen LogP contribution is 2.28. The molecule has 0 aliphatic carbocycles. The van der Waals surface area contributed by atoms with Crippen molar-refractivity contribution in [2.75, 3.05) is 5.32 Å². The summed E-state index contributed by atoms with van der Waals surface area (Å²) >= 11 is 4.93. The van der Waals surface area contributed by atoms with Gasteiger partial charge in [-0.05, 0) is 25.1 Å². The van der Waals surface area contributed by atoms with Gasteiger partial charge in [-0.1, -0.05) is 27.3 Å². The first-order valence-electron chi connectivity index (χ1n) is 4.16. The zero-order valence-electron chi connectivity index (χ0n) is 7.49. The number of benzene rings is 1. The minimum absolute atomic E-state index is 0.570. The van der Waals surface area contributed by atoms with Crippen molar-refractivity contribution in [1.29, 1.82) is 0 Å². The van der Waals surface area contributed by atoms with Crippen LogP contribution in [-0.4, -0.2) is 16.3 Å². The smallest absolute Gasteiger partial charge is 0.185 e. The molecule has 3 nitrogen and oxygen atoms in total. The fourth-order valence-corrected chi connectivity index (χ4v) is 2.64. The molecule has 0 aliphatic heterocycles. The first-order valence-corrected chi connectivity index (χ1v) is 5.77. The van der Waals surface area contributed by atoms with Crippen LogP contribution in [0, 0.1) is 0 Å². The number of thiazole rings is 1. The molecule has 0 spiro atoms. The Morgan fingerprint density at radius 3 is 3.07 bits per heavy atom. The van der Waals surface area contributed by atoms with Crippen LogP contribution in [0.4, 0.5) is 5.13 Å². The van der Waals surface area contributed by atoms with Crippen molar-refractivity contribution in [3.8, 4) is 0 Å². The van der Waals surface area contributed by atoms with Gasteiger partial charge in [-0.15, -0.1) is 0 Å². The Labute approximate surface area is 93.9 Å². The van der Waals surface area contributed by atoms with E-state index in [2.05, 4.69) is 26.2 Å². The van der Waals surface area contributed by atoms with Gasteiger partial charge in [-0.3, -0.25) is 0 Å². The van der Waals surface area contributed by atoms with Gasteiger partial charge in [0.05, 0.1) is 10.2 Å². The molecule has 74 valence electrons. The Kier molecular flexibility index (Phi) is 2.71. The van der Waals surface area contributed by atoms with Crippen molar-refractivity contribution in [3.05, 3.63) is 22.7 Å². The third-order valence-electron chi connectivity index (χ3n) is 1.68. The van der Waals surface area contributed by atoms with Crippen molar-refractivity contribution >= 4 is 42.6 Å². The predicted molar refractivity (Wildman–Crippen MR) is 62.6 cm³/mol. The van der Waals surface area contributed by atoms with Crippen LogP contribution < -0.4 is 5.32 Å². The van der Waals surface area contributed by atoms with Crippen molar-refractivity contribution < 1.29 is 5.11 Å². The molecule has 5 heteroatoms. The van der Waals surface area contributed by atoms with E-state index in [1.807, 2.05) is 18.2 Å². The number of hydrogen-bond donors (Lipinski definition) is 2. The minimum Gasteiger partial charge on any atom is -0.374 e. The van der Waals surface area contributed by atoms with Gasteiger partial charge in [0, 0.05) is 4.47 Å². The first-order chi connectivity index (χ1) is 6.65. The van der Waals surface area contributed by atoms with E-state index >= 15 is 0 Å². The van der Waals surface area contributed by atoms with Gasteiger partial charge in [-0.25, -0.2) is 4.98 Å². The van der Waals surface area contributed by atoms with Crippen LogP contribution in [0.15, 0.2) is 22.7 Å². The molecule has 0 saturated heterocycles. The second-order valence-electron chi connectivity index (χ2n) is 2.95. The summed E-state index contributed by atoms with van der Waals surface area (Å²) in [6.07, 6.45) is -0.570. The normalized spacial score (nSPS) is 13.1. The first kappa shape index (κ1) is 9.89. The molecule has 0 bridgehead atoms. The molecule has 1 unspecified atom stereocenters. The lowest BCUT2D eigenvalue weighted by molar-refractivity contribution is 0.224. The number of hydrogen-bond acceptors (Lipinski definition) is 4. The second kappa shape index (κ2) is 3.84. The van der Waals surface area contributed by atoms with E-state index in [0.717, 1.165) is 19.8 Å². The maximum atomic E-state index is 9.13. The number of fused-ring (bicyclic) bond motifs is 1. The Morgan fingerprint density at radius 2 is 2.36 bits per heavy atom. The minimum atomic E-state index is -0.570. The summed E-state index contributed by atoms with van der Waals surface area (Å²) < 4.78 is 2.14. The van der Waals surface area contributed by atoms with Crippen molar-refractivity contribution in [1.82, 2.24) is 4.98 Å². The summed E-state index contributed by atoms with van der Waals surface area (Å²) in [5.74, 6) is 0. The molecule has 0 radical (unpaired) electrons. The zero-order valence-corrected chi connectivity index (χ0v) is 9.89. The van der Waals surface area contributed by atoms with E-state index < -0.39 is 6.23 Å². The lowest BCUT2D eigenvalue weighted by Gasteiger charge is -2.02. The SMILES string of the molecule is CC(O)Nc1nc2ccc(Br)cc2s1. The van der Waals surface area contributed by atoms with Crippen LogP contribution in [-0.2, 0) is 0 Å². The van der Waals surface area contributed by atoms with Gasteiger partial charge in [0.1, 0.15) is 6.23 Å².